The maximum atomic E-state index is 14.3. The van der Waals surface area contributed by atoms with Crippen molar-refractivity contribution >= 4 is 35.0 Å². The highest BCUT2D eigenvalue weighted by molar-refractivity contribution is 6.42. The third-order valence-electron chi connectivity index (χ3n) is 9.85. The van der Waals surface area contributed by atoms with E-state index in [1.165, 1.54) is 6.07 Å². The van der Waals surface area contributed by atoms with E-state index < -0.39 is 17.6 Å². The van der Waals surface area contributed by atoms with Crippen LogP contribution in [0.2, 0.25) is 10.0 Å². The fourth-order valence-corrected chi connectivity index (χ4v) is 7.42. The number of carbonyl (C=O) groups excluding carboxylic acids is 2. The van der Waals surface area contributed by atoms with E-state index in [1.54, 1.807) is 19.1 Å². The first kappa shape index (κ1) is 37.4. The lowest BCUT2D eigenvalue weighted by molar-refractivity contribution is -0.140. The van der Waals surface area contributed by atoms with E-state index in [-0.39, 0.29) is 42.4 Å². The number of amides is 2. The Hall–Kier alpha value is -2.40. The smallest absolute Gasteiger partial charge is 0.340 e. The van der Waals surface area contributed by atoms with Gasteiger partial charge in [0.1, 0.15) is 5.82 Å². The van der Waals surface area contributed by atoms with Crippen LogP contribution in [0.15, 0.2) is 36.4 Å². The van der Waals surface area contributed by atoms with E-state index in [9.17, 15) is 27.2 Å². The fourth-order valence-electron chi connectivity index (χ4n) is 7.11. The van der Waals surface area contributed by atoms with Crippen LogP contribution in [-0.2, 0) is 22.3 Å². The molecule has 260 valence electrons. The summed E-state index contributed by atoms with van der Waals surface area (Å²) in [5, 5.41) is 0.820. The van der Waals surface area contributed by atoms with E-state index in [2.05, 4.69) is 18.7 Å². The Labute approximate surface area is 286 Å². The molecule has 0 aliphatic carbocycles. The summed E-state index contributed by atoms with van der Waals surface area (Å²) in [6, 6.07) is 8.74. The van der Waals surface area contributed by atoms with Crippen LogP contribution in [0.5, 0.6) is 0 Å². The number of likely N-dealkylation sites (tertiary alicyclic amines) is 2. The standard InChI is InChI=1S/C35H46Cl2F4N4O2/c1-5-23(2)45(24(3)46)27-13-16-43(17-14-27)15-7-6-8-34(47)44-21-28(26-10-12-30(36)31(37)19-26)33(22-44)42(4)20-25-9-11-29(32(38)18-25)35(39,40)41/h9-12,18-19,23,27-28,33H,5-8,13-17,20-22H2,1-4H3/t23?,28-,33?/m1/s1. The highest BCUT2D eigenvalue weighted by Gasteiger charge is 2.39. The van der Waals surface area contributed by atoms with Crippen molar-refractivity contribution < 1.29 is 27.2 Å². The molecule has 0 saturated carbocycles. The van der Waals surface area contributed by atoms with Gasteiger partial charge in [-0.3, -0.25) is 14.5 Å². The van der Waals surface area contributed by atoms with Crippen LogP contribution in [0.1, 0.15) is 81.9 Å². The number of halogens is 6. The number of alkyl halides is 3. The average Bonchev–Trinajstić information content (AvgIpc) is 3.46. The summed E-state index contributed by atoms with van der Waals surface area (Å²) in [4.78, 5) is 33.9. The van der Waals surface area contributed by atoms with Gasteiger partial charge in [-0.1, -0.05) is 42.3 Å². The van der Waals surface area contributed by atoms with E-state index in [1.807, 2.05) is 27.8 Å². The van der Waals surface area contributed by atoms with Crippen molar-refractivity contribution in [3.63, 3.8) is 0 Å². The molecular formula is C35H46Cl2F4N4O2. The van der Waals surface area contributed by atoms with Crippen molar-refractivity contribution in [1.29, 1.82) is 0 Å². The number of piperidine rings is 1. The minimum atomic E-state index is -4.76. The molecule has 2 fully saturated rings. The van der Waals surface area contributed by atoms with Gasteiger partial charge >= 0.3 is 6.18 Å². The molecule has 6 nitrogen and oxygen atoms in total. The lowest BCUT2D eigenvalue weighted by atomic mass is 9.93. The number of unbranched alkanes of at least 4 members (excludes halogenated alkanes) is 1. The minimum Gasteiger partial charge on any atom is -0.340 e. The summed E-state index contributed by atoms with van der Waals surface area (Å²) in [5.74, 6) is -1.23. The van der Waals surface area contributed by atoms with E-state index in [4.69, 9.17) is 23.2 Å². The zero-order valence-corrected chi connectivity index (χ0v) is 29.1. The normalized spacial score (nSPS) is 20.2. The third kappa shape index (κ3) is 9.61. The topological polar surface area (TPSA) is 47.1 Å². The number of hydrogen-bond donors (Lipinski definition) is 0. The summed E-state index contributed by atoms with van der Waals surface area (Å²) in [6.45, 7) is 9.75. The molecule has 0 spiro atoms. The summed E-state index contributed by atoms with van der Waals surface area (Å²) in [6.07, 6.45) is 0.158. The van der Waals surface area contributed by atoms with Gasteiger partial charge in [-0.2, -0.15) is 13.2 Å². The second-order valence-corrected chi connectivity index (χ2v) is 13.9. The van der Waals surface area contributed by atoms with Crippen molar-refractivity contribution in [3.8, 4) is 0 Å². The molecule has 3 atom stereocenters. The van der Waals surface area contributed by atoms with Crippen molar-refractivity contribution in [2.24, 2.45) is 0 Å². The number of nitrogens with zero attached hydrogens (tertiary/aromatic N) is 4. The first-order valence-electron chi connectivity index (χ1n) is 16.5. The molecule has 2 unspecified atom stereocenters. The van der Waals surface area contributed by atoms with Gasteiger partial charge in [-0.25, -0.2) is 4.39 Å². The number of rotatable bonds is 12. The van der Waals surface area contributed by atoms with Crippen LogP contribution >= 0.6 is 23.2 Å². The Kier molecular flexibility index (Phi) is 13.0. The molecule has 12 heteroatoms. The van der Waals surface area contributed by atoms with Gasteiger partial charge < -0.3 is 14.7 Å². The van der Waals surface area contributed by atoms with Crippen LogP contribution in [0, 0.1) is 5.82 Å². The van der Waals surface area contributed by atoms with E-state index >= 15 is 0 Å². The SMILES string of the molecule is CCC(C)N(C(C)=O)C1CCN(CCCCC(=O)N2CC(N(C)Cc3ccc(C(F)(F)F)c(F)c3)[C@@H](c3ccc(Cl)c(Cl)c3)C2)CC1. The zero-order chi connectivity index (χ0) is 34.5. The second-order valence-electron chi connectivity index (χ2n) is 13.1. The van der Waals surface area contributed by atoms with Crippen molar-refractivity contribution in [3.05, 3.63) is 69.0 Å². The first-order valence-corrected chi connectivity index (χ1v) is 17.2. The van der Waals surface area contributed by atoms with E-state index in [0.29, 0.717) is 35.1 Å². The molecule has 2 aromatic rings. The lowest BCUT2D eigenvalue weighted by Gasteiger charge is -2.41. The third-order valence-corrected chi connectivity index (χ3v) is 10.6. The number of hydrogen-bond acceptors (Lipinski definition) is 4. The Bertz CT molecular complexity index is 1390. The molecule has 0 aromatic heterocycles. The van der Waals surface area contributed by atoms with Gasteiger partial charge in [0.25, 0.3) is 0 Å². The molecule has 2 aliphatic rings. The molecule has 0 N–H and O–H groups in total. The van der Waals surface area contributed by atoms with Crippen molar-refractivity contribution in [2.45, 2.75) is 96.1 Å². The van der Waals surface area contributed by atoms with Crippen LogP contribution in [0.3, 0.4) is 0 Å². The molecule has 2 aromatic carbocycles. The quantitative estimate of drug-likeness (QED) is 0.167. The first-order chi connectivity index (χ1) is 22.2. The molecule has 0 radical (unpaired) electrons. The van der Waals surface area contributed by atoms with Crippen molar-refractivity contribution in [1.82, 2.24) is 19.6 Å². The molecule has 0 bridgehead atoms. The zero-order valence-electron chi connectivity index (χ0n) is 27.6. The van der Waals surface area contributed by atoms with Crippen LogP contribution in [-0.4, -0.2) is 89.3 Å². The second kappa shape index (κ2) is 16.3. The maximum Gasteiger partial charge on any atom is 0.419 e. The number of likely N-dealkylation sites (N-methyl/N-ethyl adjacent to an activating group) is 1. The molecular weight excluding hydrogens is 655 g/mol. The summed E-state index contributed by atoms with van der Waals surface area (Å²) >= 11 is 12.5. The fraction of sp³-hybridized carbons (Fsp3) is 0.600. The molecule has 2 heterocycles. The lowest BCUT2D eigenvalue weighted by Crippen LogP contribution is -2.50. The minimum absolute atomic E-state index is 0.0518. The molecule has 2 aliphatic heterocycles. The molecule has 2 amide bonds. The van der Waals surface area contributed by atoms with Crippen molar-refractivity contribution in [2.75, 3.05) is 39.8 Å². The predicted molar refractivity (Wildman–Crippen MR) is 178 cm³/mol. The summed E-state index contributed by atoms with van der Waals surface area (Å²) in [5.41, 5.74) is 0.0275. The largest absolute Gasteiger partial charge is 0.419 e. The molecule has 4 rings (SSSR count). The highest BCUT2D eigenvalue weighted by atomic mass is 35.5. The Morgan fingerprint density at radius 2 is 1.72 bits per heavy atom. The van der Waals surface area contributed by atoms with Gasteiger partial charge in [0.05, 0.1) is 15.6 Å². The van der Waals surface area contributed by atoms with Crippen LogP contribution < -0.4 is 0 Å². The Morgan fingerprint density at radius 1 is 1.02 bits per heavy atom. The summed E-state index contributed by atoms with van der Waals surface area (Å²) in [7, 11) is 1.83. The van der Waals surface area contributed by atoms with E-state index in [0.717, 1.165) is 69.4 Å². The summed E-state index contributed by atoms with van der Waals surface area (Å²) < 4.78 is 53.6. The van der Waals surface area contributed by atoms with Gasteiger partial charge in [0.15, 0.2) is 0 Å². The van der Waals surface area contributed by atoms with Crippen LogP contribution in [0.4, 0.5) is 17.6 Å². The predicted octanol–water partition coefficient (Wildman–Crippen LogP) is 7.86. The van der Waals surface area contributed by atoms with Gasteiger partial charge in [0, 0.05) is 70.1 Å². The monoisotopic (exact) mass is 700 g/mol. The Morgan fingerprint density at radius 3 is 2.32 bits per heavy atom. The number of benzene rings is 2. The molecule has 2 saturated heterocycles. The van der Waals surface area contributed by atoms with Gasteiger partial charge in [0.2, 0.25) is 11.8 Å². The average molecular weight is 702 g/mol. The number of carbonyl (C=O) groups is 2. The van der Waals surface area contributed by atoms with Gasteiger partial charge in [-0.15, -0.1) is 0 Å². The van der Waals surface area contributed by atoms with Gasteiger partial charge in [-0.05, 0) is 88.0 Å². The maximum absolute atomic E-state index is 14.3. The Balaban J connectivity index is 1.33. The van der Waals surface area contributed by atoms with Crippen LogP contribution in [0.25, 0.3) is 0 Å². The molecule has 47 heavy (non-hydrogen) atoms. The highest BCUT2D eigenvalue weighted by Crippen LogP contribution is 2.36.